The van der Waals surface area contributed by atoms with Crippen molar-refractivity contribution >= 4 is 27.7 Å². The Morgan fingerprint density at radius 2 is 2.00 bits per heavy atom. The number of carbonyl (C=O) groups excluding carboxylic acids is 1. The van der Waals surface area contributed by atoms with Gasteiger partial charge in [-0.15, -0.1) is 0 Å². The molecule has 0 atom stereocenters. The molecular weight excluding hydrogens is 366 g/mol. The molecule has 2 N–H and O–H groups in total. The number of benzene rings is 1. The number of amides is 1. The van der Waals surface area contributed by atoms with Gasteiger partial charge in [0.05, 0.1) is 10.9 Å². The topological polar surface area (TPSA) is 83.0 Å². The molecule has 0 unspecified atom stereocenters. The fraction of sp³-hybridized carbons (Fsp3) is 0.500. The molecule has 7 nitrogen and oxygen atoms in total. The zero-order valence-corrected chi connectivity index (χ0v) is 16.8. The number of carbonyl (C=O) groups is 1. The van der Waals surface area contributed by atoms with Crippen molar-refractivity contribution in [1.82, 2.24) is 25.0 Å². The standard InChI is InChI=1S/C22H27N5O2/c1-15-18-19(25-24-15)16-7-2-3-8-17(16)27(20(18)28)14-6-11-23-21(29)22(9-10-22)26-12-4-5-13-26/h2-3,7-8H,4-6,9-14H2,1H3,(H,23,29)(H,24,25). The summed E-state index contributed by atoms with van der Waals surface area (Å²) in [5.74, 6) is 0.165. The van der Waals surface area contributed by atoms with E-state index in [-0.39, 0.29) is 17.0 Å². The minimum Gasteiger partial charge on any atom is -0.354 e. The minimum absolute atomic E-state index is 0.0213. The molecule has 0 spiro atoms. The van der Waals surface area contributed by atoms with Crippen molar-refractivity contribution in [1.29, 1.82) is 0 Å². The number of rotatable bonds is 6. The molecule has 0 bridgehead atoms. The third-order valence-corrected chi connectivity index (χ3v) is 6.56. The minimum atomic E-state index is -0.243. The van der Waals surface area contributed by atoms with Gasteiger partial charge < -0.3 is 9.88 Å². The van der Waals surface area contributed by atoms with Crippen LogP contribution in [-0.4, -0.2) is 50.7 Å². The number of aromatic amines is 1. The molecule has 3 aromatic rings. The third-order valence-electron chi connectivity index (χ3n) is 6.56. The number of likely N-dealkylation sites (tertiary alicyclic amines) is 1. The van der Waals surface area contributed by atoms with E-state index >= 15 is 0 Å². The monoisotopic (exact) mass is 393 g/mol. The number of pyridine rings is 1. The number of hydrogen-bond acceptors (Lipinski definition) is 4. The van der Waals surface area contributed by atoms with Crippen LogP contribution in [0.4, 0.5) is 0 Å². The Hall–Kier alpha value is -2.67. The summed E-state index contributed by atoms with van der Waals surface area (Å²) in [5, 5.41) is 12.0. The molecule has 2 aliphatic rings. The summed E-state index contributed by atoms with van der Waals surface area (Å²) < 4.78 is 1.82. The van der Waals surface area contributed by atoms with Gasteiger partial charge in [-0.3, -0.25) is 19.6 Å². The predicted molar refractivity (Wildman–Crippen MR) is 113 cm³/mol. The first-order valence-electron chi connectivity index (χ1n) is 10.6. The van der Waals surface area contributed by atoms with Gasteiger partial charge >= 0.3 is 0 Å². The van der Waals surface area contributed by atoms with Crippen molar-refractivity contribution in [3.05, 3.63) is 40.3 Å². The van der Waals surface area contributed by atoms with Crippen LogP contribution < -0.4 is 10.9 Å². The van der Waals surface area contributed by atoms with Crippen LogP contribution in [0, 0.1) is 6.92 Å². The van der Waals surface area contributed by atoms with Crippen molar-refractivity contribution < 1.29 is 4.79 Å². The molecule has 3 heterocycles. The van der Waals surface area contributed by atoms with E-state index in [2.05, 4.69) is 20.4 Å². The highest BCUT2D eigenvalue weighted by molar-refractivity contribution is 6.03. The summed E-state index contributed by atoms with van der Waals surface area (Å²) in [6.45, 7) is 5.11. The van der Waals surface area contributed by atoms with E-state index in [0.717, 1.165) is 48.0 Å². The number of para-hydroxylation sites is 1. The SMILES string of the molecule is Cc1[nH]nc2c1c(=O)n(CCCNC(=O)C1(N3CCCC3)CC1)c1ccccc21. The first kappa shape index (κ1) is 18.4. The van der Waals surface area contributed by atoms with Gasteiger partial charge in [-0.25, -0.2) is 0 Å². The number of aromatic nitrogens is 3. The Labute approximate surface area is 169 Å². The van der Waals surface area contributed by atoms with Gasteiger partial charge in [0.25, 0.3) is 5.56 Å². The van der Waals surface area contributed by atoms with E-state index in [4.69, 9.17) is 0 Å². The van der Waals surface area contributed by atoms with Crippen LogP contribution in [0.5, 0.6) is 0 Å². The highest BCUT2D eigenvalue weighted by Crippen LogP contribution is 2.43. The van der Waals surface area contributed by atoms with E-state index in [0.29, 0.717) is 24.9 Å². The zero-order valence-electron chi connectivity index (χ0n) is 16.8. The number of nitrogens with one attached hydrogen (secondary N) is 2. The van der Waals surface area contributed by atoms with E-state index in [1.165, 1.54) is 12.8 Å². The van der Waals surface area contributed by atoms with Crippen LogP contribution >= 0.6 is 0 Å². The number of aryl methyl sites for hydroxylation is 2. The van der Waals surface area contributed by atoms with Gasteiger partial charge in [-0.2, -0.15) is 5.10 Å². The van der Waals surface area contributed by atoms with E-state index < -0.39 is 0 Å². The first-order valence-corrected chi connectivity index (χ1v) is 10.6. The molecule has 7 heteroatoms. The lowest BCUT2D eigenvalue weighted by molar-refractivity contribution is -0.127. The molecule has 1 saturated carbocycles. The van der Waals surface area contributed by atoms with Crippen LogP contribution in [0.3, 0.4) is 0 Å². The van der Waals surface area contributed by atoms with Gasteiger partial charge in [0.15, 0.2) is 0 Å². The molecule has 2 aromatic heterocycles. The van der Waals surface area contributed by atoms with Crippen molar-refractivity contribution in [3.8, 4) is 0 Å². The van der Waals surface area contributed by atoms with Gasteiger partial charge in [0.1, 0.15) is 11.1 Å². The number of H-pyrrole nitrogens is 1. The average Bonchev–Trinajstić information content (AvgIpc) is 3.17. The second-order valence-electron chi connectivity index (χ2n) is 8.38. The number of fused-ring (bicyclic) bond motifs is 3. The summed E-state index contributed by atoms with van der Waals surface area (Å²) in [6, 6.07) is 7.88. The van der Waals surface area contributed by atoms with Crippen LogP contribution in [0.2, 0.25) is 0 Å². The highest BCUT2D eigenvalue weighted by atomic mass is 16.2. The fourth-order valence-corrected chi connectivity index (χ4v) is 4.82. The molecule has 2 fully saturated rings. The third kappa shape index (κ3) is 2.95. The summed E-state index contributed by atoms with van der Waals surface area (Å²) in [7, 11) is 0. The maximum Gasteiger partial charge on any atom is 0.262 e. The summed E-state index contributed by atoms with van der Waals surface area (Å²) >= 11 is 0. The van der Waals surface area contributed by atoms with Gasteiger partial charge in [-0.1, -0.05) is 18.2 Å². The maximum absolute atomic E-state index is 13.1. The summed E-state index contributed by atoms with van der Waals surface area (Å²) in [6.07, 6.45) is 5.05. The van der Waals surface area contributed by atoms with E-state index in [9.17, 15) is 9.59 Å². The molecule has 1 aliphatic heterocycles. The molecule has 1 aliphatic carbocycles. The molecule has 1 aromatic carbocycles. The molecule has 1 saturated heterocycles. The molecule has 152 valence electrons. The largest absolute Gasteiger partial charge is 0.354 e. The predicted octanol–water partition coefficient (Wildman–Crippen LogP) is 2.32. The van der Waals surface area contributed by atoms with Crippen molar-refractivity contribution in [2.75, 3.05) is 19.6 Å². The Balaban J connectivity index is 1.32. The van der Waals surface area contributed by atoms with E-state index in [1.807, 2.05) is 35.8 Å². The first-order chi connectivity index (χ1) is 14.1. The van der Waals surface area contributed by atoms with Crippen molar-refractivity contribution in [2.45, 2.75) is 51.1 Å². The smallest absolute Gasteiger partial charge is 0.262 e. The van der Waals surface area contributed by atoms with Crippen LogP contribution in [0.15, 0.2) is 29.1 Å². The second-order valence-corrected chi connectivity index (χ2v) is 8.38. The average molecular weight is 393 g/mol. The summed E-state index contributed by atoms with van der Waals surface area (Å²) in [4.78, 5) is 28.2. The Morgan fingerprint density at radius 1 is 1.24 bits per heavy atom. The normalized spacial score (nSPS) is 18.5. The number of nitrogens with zero attached hydrogens (tertiary/aromatic N) is 3. The lowest BCUT2D eigenvalue weighted by Gasteiger charge is -2.26. The fourth-order valence-electron chi connectivity index (χ4n) is 4.82. The van der Waals surface area contributed by atoms with Crippen LogP contribution in [0.25, 0.3) is 21.8 Å². The Kier molecular flexibility index (Phi) is 4.42. The second kappa shape index (κ2) is 6.99. The molecule has 29 heavy (non-hydrogen) atoms. The van der Waals surface area contributed by atoms with Crippen LogP contribution in [0.1, 0.15) is 37.8 Å². The van der Waals surface area contributed by atoms with Gasteiger partial charge in [0, 0.05) is 24.2 Å². The highest BCUT2D eigenvalue weighted by Gasteiger charge is 2.54. The Morgan fingerprint density at radius 3 is 2.76 bits per heavy atom. The number of hydrogen-bond donors (Lipinski definition) is 2. The van der Waals surface area contributed by atoms with Crippen molar-refractivity contribution in [2.24, 2.45) is 0 Å². The van der Waals surface area contributed by atoms with Gasteiger partial charge in [0.2, 0.25) is 5.91 Å². The zero-order chi connectivity index (χ0) is 20.0. The van der Waals surface area contributed by atoms with Crippen LogP contribution in [-0.2, 0) is 11.3 Å². The molecule has 0 radical (unpaired) electrons. The molecule has 1 amide bonds. The molecule has 5 rings (SSSR count). The van der Waals surface area contributed by atoms with Crippen molar-refractivity contribution in [3.63, 3.8) is 0 Å². The van der Waals surface area contributed by atoms with E-state index in [1.54, 1.807) is 0 Å². The molecular formula is C22H27N5O2. The summed E-state index contributed by atoms with van der Waals surface area (Å²) in [5.41, 5.74) is 2.14. The lowest BCUT2D eigenvalue weighted by Crippen LogP contribution is -2.48. The quantitative estimate of drug-likeness (QED) is 0.630. The lowest BCUT2D eigenvalue weighted by atomic mass is 10.1. The Bertz CT molecular complexity index is 1140. The maximum atomic E-state index is 13.1. The van der Waals surface area contributed by atoms with Gasteiger partial charge in [-0.05, 0) is 58.2 Å².